The normalized spacial score (nSPS) is 18.4. The second-order valence-electron chi connectivity index (χ2n) is 9.15. The Hall–Kier alpha value is -2.46. The summed E-state index contributed by atoms with van der Waals surface area (Å²) in [6, 6.07) is 8.28. The van der Waals surface area contributed by atoms with Gasteiger partial charge in [-0.1, -0.05) is 25.5 Å². The van der Waals surface area contributed by atoms with Crippen molar-refractivity contribution < 1.29 is 37.6 Å². The van der Waals surface area contributed by atoms with E-state index < -0.39 is 12.1 Å². The average molecular weight is 500 g/mol. The third kappa shape index (κ3) is 8.92. The zero-order valence-electron chi connectivity index (χ0n) is 20.5. The van der Waals surface area contributed by atoms with E-state index in [0.29, 0.717) is 24.4 Å². The molecule has 2 aliphatic rings. The largest absolute Gasteiger partial charge is 0.542 e. The number of quaternary nitrogens is 1. The molecule has 7 nitrogen and oxygen atoms in total. The molecule has 0 aromatic heterocycles. The number of halogens is 3. The summed E-state index contributed by atoms with van der Waals surface area (Å²) in [5.74, 6) is -2.83. The number of carbonyl (C=O) groups is 3. The summed E-state index contributed by atoms with van der Waals surface area (Å²) in [5.41, 5.74) is 1.51. The molecule has 1 amide bonds. The van der Waals surface area contributed by atoms with Crippen LogP contribution in [0.3, 0.4) is 0 Å². The number of rotatable bonds is 8. The fourth-order valence-electron chi connectivity index (χ4n) is 4.59. The Kier molecular flexibility index (Phi) is 11.2. The number of anilines is 1. The summed E-state index contributed by atoms with van der Waals surface area (Å²) in [6.07, 6.45) is 0.142. The van der Waals surface area contributed by atoms with Gasteiger partial charge >= 0.3 is 6.18 Å². The molecular weight excluding hydrogens is 463 g/mol. The maximum atomic E-state index is 12.5. The molecule has 1 atom stereocenters. The highest BCUT2D eigenvalue weighted by atomic mass is 19.4. The molecule has 0 spiro atoms. The van der Waals surface area contributed by atoms with Crippen molar-refractivity contribution in [2.24, 2.45) is 0 Å². The maximum absolute atomic E-state index is 12.5. The van der Waals surface area contributed by atoms with E-state index in [-0.39, 0.29) is 11.7 Å². The first kappa shape index (κ1) is 28.8. The number of piperazine rings is 1. The zero-order chi connectivity index (χ0) is 26.0. The van der Waals surface area contributed by atoms with Gasteiger partial charge < -0.3 is 19.7 Å². The van der Waals surface area contributed by atoms with Gasteiger partial charge in [-0.2, -0.15) is 13.2 Å². The third-order valence-electron chi connectivity index (χ3n) is 6.59. The molecule has 1 fully saturated rings. The minimum absolute atomic E-state index is 0.0872. The molecule has 0 radical (unpaired) electrons. The summed E-state index contributed by atoms with van der Waals surface area (Å²) in [5, 5.41) is 8.78. The van der Waals surface area contributed by atoms with Crippen molar-refractivity contribution in [2.75, 3.05) is 44.2 Å². The smallest absolute Gasteiger partial charge is 0.430 e. The number of nitrogens with one attached hydrogen (secondary N) is 1. The summed E-state index contributed by atoms with van der Waals surface area (Å²) >= 11 is 0. The number of alkyl halides is 3. The quantitative estimate of drug-likeness (QED) is 0.548. The maximum Gasteiger partial charge on any atom is 0.430 e. The fraction of sp³-hybridized carbons (Fsp3) is 0.640. The number of nitrogens with zero attached hydrogens (tertiary/aromatic N) is 2. The van der Waals surface area contributed by atoms with Gasteiger partial charge in [-0.3, -0.25) is 14.5 Å². The van der Waals surface area contributed by atoms with Gasteiger partial charge in [-0.05, 0) is 38.3 Å². The number of aliphatic carboxylic acids is 1. The van der Waals surface area contributed by atoms with E-state index in [9.17, 15) is 22.8 Å². The molecule has 1 N–H and O–H groups in total. The first-order valence-corrected chi connectivity index (χ1v) is 12.3. The molecule has 0 bridgehead atoms. The number of amides is 1. The van der Waals surface area contributed by atoms with Gasteiger partial charge in [0.05, 0.1) is 25.3 Å². The summed E-state index contributed by atoms with van der Waals surface area (Å²) in [6.45, 7) is 11.4. The average Bonchev–Trinajstić information content (AvgIpc) is 2.94. The van der Waals surface area contributed by atoms with Gasteiger partial charge in [0.1, 0.15) is 5.97 Å². The molecule has 1 saturated heterocycles. The fourth-order valence-corrected chi connectivity index (χ4v) is 4.59. The van der Waals surface area contributed by atoms with Crippen LogP contribution >= 0.6 is 0 Å². The topological polar surface area (TPSA) is 85.2 Å². The van der Waals surface area contributed by atoms with Gasteiger partial charge in [0, 0.05) is 44.1 Å². The van der Waals surface area contributed by atoms with Crippen LogP contribution in [0.4, 0.5) is 18.9 Å². The Labute approximate surface area is 204 Å². The minimum Gasteiger partial charge on any atom is -0.542 e. The number of unbranched alkanes of at least 4 members (excludes halogenated alkanes) is 1. The van der Waals surface area contributed by atoms with E-state index >= 15 is 0 Å². The van der Waals surface area contributed by atoms with Crippen LogP contribution in [0.1, 0.15) is 62.7 Å². The molecule has 2 aliphatic heterocycles. The molecule has 35 heavy (non-hydrogen) atoms. The predicted octanol–water partition coefficient (Wildman–Crippen LogP) is 1.46. The highest BCUT2D eigenvalue weighted by Gasteiger charge is 2.29. The molecule has 3 rings (SSSR count). The Bertz CT molecular complexity index is 855. The number of ketones is 1. The van der Waals surface area contributed by atoms with Crippen molar-refractivity contribution in [3.05, 3.63) is 29.8 Å². The Morgan fingerprint density at radius 3 is 2.34 bits per heavy atom. The van der Waals surface area contributed by atoms with E-state index in [1.165, 1.54) is 45.6 Å². The van der Waals surface area contributed by atoms with E-state index in [0.717, 1.165) is 25.1 Å². The molecule has 1 aromatic rings. The number of carboxylic acids is 1. The lowest BCUT2D eigenvalue weighted by Crippen LogP contribution is -3.14. The molecule has 0 saturated carbocycles. The highest BCUT2D eigenvalue weighted by molar-refractivity contribution is 6.10. The number of hydrogen-bond donors (Lipinski definition) is 1. The van der Waals surface area contributed by atoms with Crippen molar-refractivity contribution >= 4 is 23.3 Å². The first-order valence-electron chi connectivity index (χ1n) is 12.3. The lowest BCUT2D eigenvalue weighted by molar-refractivity contribution is -0.905. The molecule has 1 aromatic carbocycles. The molecule has 2 heterocycles. The zero-order valence-corrected chi connectivity index (χ0v) is 20.5. The number of carbonyl (C=O) groups excluding carboxylic acids is 3. The van der Waals surface area contributed by atoms with Crippen molar-refractivity contribution in [1.29, 1.82) is 0 Å². The van der Waals surface area contributed by atoms with Crippen molar-refractivity contribution in [3.8, 4) is 0 Å². The Morgan fingerprint density at radius 1 is 1.11 bits per heavy atom. The van der Waals surface area contributed by atoms with E-state index in [1.54, 1.807) is 4.90 Å². The summed E-state index contributed by atoms with van der Waals surface area (Å²) in [7, 11) is 0. The standard InChI is InChI=1S/C23H35N3O2.C2HF3O2/c1-3-8-19(2)25-17-15-24(16-18-25)13-6-7-14-26-21-10-5-4-9-20(21)22(27)11-12-23(26)28;3-2(4,5)1(6)7/h4-5,9-10,19H,3,6-8,11-18H2,1-2H3;(H,6,7). The number of hydrogen-bond acceptors (Lipinski definition) is 5. The van der Waals surface area contributed by atoms with E-state index in [4.69, 9.17) is 9.90 Å². The molecule has 196 valence electrons. The van der Waals surface area contributed by atoms with Gasteiger partial charge in [0.2, 0.25) is 5.91 Å². The van der Waals surface area contributed by atoms with Crippen molar-refractivity contribution in [1.82, 2.24) is 4.90 Å². The lowest BCUT2D eigenvalue weighted by Gasteiger charge is -2.36. The van der Waals surface area contributed by atoms with Crippen LogP contribution in [0, 0.1) is 0 Å². The van der Waals surface area contributed by atoms with Crippen LogP contribution in [0.25, 0.3) is 0 Å². The monoisotopic (exact) mass is 499 g/mol. The van der Waals surface area contributed by atoms with Gasteiger partial charge in [0.25, 0.3) is 0 Å². The van der Waals surface area contributed by atoms with Crippen LogP contribution in [-0.4, -0.2) is 74.0 Å². The van der Waals surface area contributed by atoms with Crippen LogP contribution in [0.15, 0.2) is 24.3 Å². The van der Waals surface area contributed by atoms with Gasteiger partial charge in [-0.25, -0.2) is 0 Å². The van der Waals surface area contributed by atoms with Crippen molar-refractivity contribution in [2.45, 2.75) is 64.6 Å². The van der Waals surface area contributed by atoms with Crippen LogP contribution in [0.2, 0.25) is 0 Å². The van der Waals surface area contributed by atoms with Crippen LogP contribution < -0.4 is 14.9 Å². The summed E-state index contributed by atoms with van der Waals surface area (Å²) < 4.78 is 31.5. The number of carboxylic acid groups (broad SMARTS) is 1. The third-order valence-corrected chi connectivity index (χ3v) is 6.59. The van der Waals surface area contributed by atoms with Crippen LogP contribution in [0.5, 0.6) is 0 Å². The second kappa shape index (κ2) is 13.6. The van der Waals surface area contributed by atoms with Crippen LogP contribution in [-0.2, 0) is 9.59 Å². The number of para-hydroxylation sites is 1. The first-order chi connectivity index (χ1) is 16.5. The molecular formula is C25H36F3N3O4. The number of Topliss-reactive ketones (excluding diaryl/α,β-unsaturated/α-hetero) is 1. The van der Waals surface area contributed by atoms with Gasteiger partial charge in [-0.15, -0.1) is 0 Å². The van der Waals surface area contributed by atoms with E-state index in [1.807, 2.05) is 29.2 Å². The highest BCUT2D eigenvalue weighted by Crippen LogP contribution is 2.27. The SMILES string of the molecule is CCCC(C)N1CC[NH+](CCCCN2C(=O)CCC(=O)c3ccccc32)CC1.O=C([O-])C(F)(F)F. The number of fused-ring (bicyclic) bond motifs is 1. The van der Waals surface area contributed by atoms with Gasteiger partial charge in [0.15, 0.2) is 5.78 Å². The Balaban J connectivity index is 0.000000540. The molecule has 1 unspecified atom stereocenters. The summed E-state index contributed by atoms with van der Waals surface area (Å²) in [4.78, 5) is 39.8. The predicted molar refractivity (Wildman–Crippen MR) is 124 cm³/mol. The molecule has 10 heteroatoms. The lowest BCUT2D eigenvalue weighted by atomic mass is 10.1. The van der Waals surface area contributed by atoms with E-state index in [2.05, 4.69) is 18.7 Å². The number of benzene rings is 1. The van der Waals surface area contributed by atoms with Crippen molar-refractivity contribution in [3.63, 3.8) is 0 Å². The second-order valence-corrected chi connectivity index (χ2v) is 9.15. The minimum atomic E-state index is -5.19. The Morgan fingerprint density at radius 2 is 1.74 bits per heavy atom. The molecule has 0 aliphatic carbocycles.